The highest BCUT2D eigenvalue weighted by Gasteiger charge is 2.36. The van der Waals surface area contributed by atoms with Crippen LogP contribution in [0.5, 0.6) is 0 Å². The van der Waals surface area contributed by atoms with Crippen molar-refractivity contribution >= 4 is 5.91 Å². The van der Waals surface area contributed by atoms with Crippen LogP contribution in [0.15, 0.2) is 6.07 Å². The number of rotatable bonds is 4. The molecule has 0 spiro atoms. The Kier molecular flexibility index (Phi) is 4.49. The van der Waals surface area contributed by atoms with Crippen LogP contribution in [0.4, 0.5) is 0 Å². The van der Waals surface area contributed by atoms with Gasteiger partial charge in [-0.2, -0.15) is 5.10 Å². The first-order chi connectivity index (χ1) is 10.5. The van der Waals surface area contributed by atoms with Crippen molar-refractivity contribution in [2.75, 3.05) is 13.1 Å². The molecule has 1 aliphatic heterocycles. The van der Waals surface area contributed by atoms with E-state index < -0.39 is 0 Å². The summed E-state index contributed by atoms with van der Waals surface area (Å²) in [4.78, 5) is 14.7. The van der Waals surface area contributed by atoms with Crippen LogP contribution in [-0.4, -0.2) is 57.4 Å². The van der Waals surface area contributed by atoms with Gasteiger partial charge in [-0.1, -0.05) is 13.8 Å². The van der Waals surface area contributed by atoms with Gasteiger partial charge in [0.2, 0.25) is 0 Å². The van der Waals surface area contributed by atoms with Crippen molar-refractivity contribution in [3.8, 4) is 0 Å². The van der Waals surface area contributed by atoms with E-state index in [1.54, 1.807) is 0 Å². The maximum Gasteiger partial charge on any atom is 0.272 e. The SMILES string of the molecule is CC(C)c1cc(C(=O)N[C@@H]2CCC[C@@H]2N2CCC(O)C2)n[nH]1. The van der Waals surface area contributed by atoms with Gasteiger partial charge in [-0.05, 0) is 37.7 Å². The van der Waals surface area contributed by atoms with E-state index in [4.69, 9.17) is 0 Å². The third-order valence-corrected chi connectivity index (χ3v) is 4.91. The molecule has 1 aromatic rings. The zero-order valence-corrected chi connectivity index (χ0v) is 13.4. The predicted molar refractivity (Wildman–Crippen MR) is 83.8 cm³/mol. The zero-order valence-electron chi connectivity index (χ0n) is 13.4. The summed E-state index contributed by atoms with van der Waals surface area (Å²) in [6.45, 7) is 5.80. The Hall–Kier alpha value is -1.40. The molecule has 0 radical (unpaired) electrons. The van der Waals surface area contributed by atoms with Gasteiger partial charge in [0.15, 0.2) is 0 Å². The number of likely N-dealkylation sites (tertiary alicyclic amines) is 1. The van der Waals surface area contributed by atoms with Crippen LogP contribution in [0.1, 0.15) is 61.6 Å². The van der Waals surface area contributed by atoms with Crippen LogP contribution in [0.2, 0.25) is 0 Å². The smallest absolute Gasteiger partial charge is 0.272 e. The van der Waals surface area contributed by atoms with Crippen LogP contribution in [-0.2, 0) is 0 Å². The fourth-order valence-electron chi connectivity index (χ4n) is 3.61. The Balaban J connectivity index is 1.62. The van der Waals surface area contributed by atoms with Gasteiger partial charge in [-0.15, -0.1) is 0 Å². The number of aromatic amines is 1. The Labute approximate surface area is 131 Å². The number of amides is 1. The molecule has 1 saturated heterocycles. The average Bonchev–Trinajstić information content (AvgIpc) is 3.17. The van der Waals surface area contributed by atoms with Crippen molar-refractivity contribution in [3.05, 3.63) is 17.5 Å². The maximum absolute atomic E-state index is 12.4. The van der Waals surface area contributed by atoms with Crippen molar-refractivity contribution in [1.29, 1.82) is 0 Å². The molecule has 2 aliphatic rings. The van der Waals surface area contributed by atoms with E-state index in [2.05, 4.69) is 34.3 Å². The third kappa shape index (κ3) is 3.17. The quantitative estimate of drug-likeness (QED) is 0.782. The van der Waals surface area contributed by atoms with Gasteiger partial charge in [-0.3, -0.25) is 14.8 Å². The molecular formula is C16H26N4O2. The first-order valence-electron chi connectivity index (χ1n) is 8.33. The number of β-amino-alcohol motifs (C(OH)–C–C–N with tert-alkyl or cyclic N) is 1. The molecule has 3 N–H and O–H groups in total. The summed E-state index contributed by atoms with van der Waals surface area (Å²) in [5, 5.41) is 19.9. The first kappa shape index (κ1) is 15.5. The van der Waals surface area contributed by atoms with Crippen LogP contribution in [0, 0.1) is 0 Å². The van der Waals surface area contributed by atoms with Gasteiger partial charge < -0.3 is 10.4 Å². The highest BCUT2D eigenvalue weighted by molar-refractivity contribution is 5.92. The second-order valence-corrected chi connectivity index (χ2v) is 6.88. The minimum Gasteiger partial charge on any atom is -0.392 e. The summed E-state index contributed by atoms with van der Waals surface area (Å²) in [5.41, 5.74) is 1.45. The van der Waals surface area contributed by atoms with Crippen LogP contribution in [0.25, 0.3) is 0 Å². The van der Waals surface area contributed by atoms with Crippen molar-refractivity contribution < 1.29 is 9.90 Å². The first-order valence-corrected chi connectivity index (χ1v) is 8.33. The fraction of sp³-hybridized carbons (Fsp3) is 0.750. The normalized spacial score (nSPS) is 29.4. The summed E-state index contributed by atoms with van der Waals surface area (Å²) in [7, 11) is 0. The van der Waals surface area contributed by atoms with Crippen molar-refractivity contribution in [1.82, 2.24) is 20.4 Å². The Morgan fingerprint density at radius 2 is 2.27 bits per heavy atom. The van der Waals surface area contributed by atoms with Crippen molar-refractivity contribution in [3.63, 3.8) is 0 Å². The summed E-state index contributed by atoms with van der Waals surface area (Å²) in [5.74, 6) is 0.235. The summed E-state index contributed by atoms with van der Waals surface area (Å²) < 4.78 is 0. The standard InChI is InChI=1S/C16H26N4O2/c1-10(2)13-8-14(19-18-13)16(22)17-12-4-3-5-15(12)20-7-6-11(21)9-20/h8,10-12,15,21H,3-7,9H2,1-2H3,(H,17,22)(H,18,19)/t11?,12-,15+/m1/s1. The number of hydrogen-bond donors (Lipinski definition) is 3. The molecule has 1 aromatic heterocycles. The number of nitrogens with one attached hydrogen (secondary N) is 2. The van der Waals surface area contributed by atoms with Crippen LogP contribution in [0.3, 0.4) is 0 Å². The molecule has 6 heteroatoms. The highest BCUT2D eigenvalue weighted by atomic mass is 16.3. The number of aliphatic hydroxyl groups is 1. The van der Waals surface area contributed by atoms with Gasteiger partial charge >= 0.3 is 0 Å². The molecule has 0 bridgehead atoms. The van der Waals surface area contributed by atoms with Gasteiger partial charge in [-0.25, -0.2) is 0 Å². The number of nitrogens with zero attached hydrogens (tertiary/aromatic N) is 2. The van der Waals surface area contributed by atoms with Gasteiger partial charge in [0.1, 0.15) is 5.69 Å². The number of aliphatic hydroxyl groups excluding tert-OH is 1. The lowest BCUT2D eigenvalue weighted by molar-refractivity contribution is 0.0901. The lowest BCUT2D eigenvalue weighted by Crippen LogP contribution is -2.48. The van der Waals surface area contributed by atoms with E-state index in [0.29, 0.717) is 17.7 Å². The molecule has 3 atom stereocenters. The molecule has 22 heavy (non-hydrogen) atoms. The van der Waals surface area contributed by atoms with E-state index in [0.717, 1.165) is 44.5 Å². The van der Waals surface area contributed by atoms with E-state index in [-0.39, 0.29) is 18.1 Å². The molecule has 0 aromatic carbocycles. The fourth-order valence-corrected chi connectivity index (χ4v) is 3.61. The highest BCUT2D eigenvalue weighted by Crippen LogP contribution is 2.27. The molecule has 1 unspecified atom stereocenters. The van der Waals surface area contributed by atoms with E-state index >= 15 is 0 Å². The molecule has 1 aliphatic carbocycles. The second-order valence-electron chi connectivity index (χ2n) is 6.88. The second kappa shape index (κ2) is 6.38. The molecule has 6 nitrogen and oxygen atoms in total. The van der Waals surface area contributed by atoms with Gasteiger partial charge in [0, 0.05) is 30.9 Å². The van der Waals surface area contributed by atoms with E-state index in [1.807, 2.05) is 6.07 Å². The molecule has 1 saturated carbocycles. The lowest BCUT2D eigenvalue weighted by atomic mass is 10.1. The molecule has 122 valence electrons. The van der Waals surface area contributed by atoms with Crippen molar-refractivity contribution in [2.45, 2.75) is 63.6 Å². The summed E-state index contributed by atoms with van der Waals surface area (Å²) in [6, 6.07) is 2.35. The minimum atomic E-state index is -0.211. The number of hydrogen-bond acceptors (Lipinski definition) is 4. The summed E-state index contributed by atoms with van der Waals surface area (Å²) in [6.07, 6.45) is 3.85. The maximum atomic E-state index is 12.4. The number of carbonyl (C=O) groups excluding carboxylic acids is 1. The van der Waals surface area contributed by atoms with Crippen LogP contribution >= 0.6 is 0 Å². The van der Waals surface area contributed by atoms with E-state index in [1.165, 1.54) is 0 Å². The monoisotopic (exact) mass is 306 g/mol. The predicted octanol–water partition coefficient (Wildman–Crippen LogP) is 1.25. The number of aromatic nitrogens is 2. The van der Waals surface area contributed by atoms with Crippen molar-refractivity contribution in [2.24, 2.45) is 0 Å². The average molecular weight is 306 g/mol. The van der Waals surface area contributed by atoms with Crippen LogP contribution < -0.4 is 5.32 Å². The van der Waals surface area contributed by atoms with Gasteiger partial charge in [0.05, 0.1) is 6.10 Å². The third-order valence-electron chi connectivity index (χ3n) is 4.91. The number of H-pyrrole nitrogens is 1. The Morgan fingerprint density at radius 1 is 1.45 bits per heavy atom. The topological polar surface area (TPSA) is 81.2 Å². The largest absolute Gasteiger partial charge is 0.392 e. The van der Waals surface area contributed by atoms with Gasteiger partial charge in [0.25, 0.3) is 5.91 Å². The molecular weight excluding hydrogens is 280 g/mol. The number of carbonyl (C=O) groups is 1. The Morgan fingerprint density at radius 3 is 2.91 bits per heavy atom. The Bertz CT molecular complexity index is 528. The zero-order chi connectivity index (χ0) is 15.7. The molecule has 2 fully saturated rings. The molecule has 3 rings (SSSR count). The van der Waals surface area contributed by atoms with E-state index in [9.17, 15) is 9.90 Å². The molecule has 1 amide bonds. The summed E-state index contributed by atoms with van der Waals surface area (Å²) >= 11 is 0. The molecule has 2 heterocycles. The minimum absolute atomic E-state index is 0.0974. The lowest BCUT2D eigenvalue weighted by Gasteiger charge is -2.29.